The summed E-state index contributed by atoms with van der Waals surface area (Å²) in [6, 6.07) is 15.3. The van der Waals surface area contributed by atoms with Gasteiger partial charge in [0.2, 0.25) is 11.8 Å². The zero-order valence-corrected chi connectivity index (χ0v) is 26.5. The lowest BCUT2D eigenvalue weighted by atomic mass is 10.1. The molecule has 4 aromatic rings. The van der Waals surface area contributed by atoms with Crippen molar-refractivity contribution in [2.45, 2.75) is 44.4 Å². The van der Waals surface area contributed by atoms with Crippen LogP contribution in [0.5, 0.6) is 5.88 Å². The fraction of sp³-hybridized carbons (Fsp3) is 0.312. The van der Waals surface area contributed by atoms with Crippen LogP contribution in [0.3, 0.4) is 0 Å². The van der Waals surface area contributed by atoms with E-state index in [4.69, 9.17) is 19.9 Å². The van der Waals surface area contributed by atoms with Crippen LogP contribution < -0.4 is 20.7 Å². The van der Waals surface area contributed by atoms with E-state index in [1.54, 1.807) is 32.5 Å². The van der Waals surface area contributed by atoms with Crippen LogP contribution in [0, 0.1) is 11.3 Å². The van der Waals surface area contributed by atoms with Gasteiger partial charge in [0.25, 0.3) is 0 Å². The lowest BCUT2D eigenvalue weighted by Crippen LogP contribution is -2.34. The van der Waals surface area contributed by atoms with Gasteiger partial charge in [-0.05, 0) is 55.7 Å². The Morgan fingerprint density at radius 1 is 1.17 bits per heavy atom. The number of carbonyl (C=O) groups excluding carboxylic acids is 2. The lowest BCUT2D eigenvalue weighted by molar-refractivity contribution is -0.149. The van der Waals surface area contributed by atoms with Crippen LogP contribution >= 0.6 is 11.8 Å². The number of H-pyrrole nitrogens is 1. The van der Waals surface area contributed by atoms with E-state index >= 15 is 0 Å². The highest BCUT2D eigenvalue weighted by molar-refractivity contribution is 7.99. The van der Waals surface area contributed by atoms with Crippen molar-refractivity contribution >= 4 is 52.7 Å². The molecule has 0 radical (unpaired) electrons. The SMILES string of the molecule is CC(C)(C)OC(=O)/C(C#N)=C/c1ccc2c(c1)SCCN2CCOC(=O)NCc1ccc(COc2nc(N)nc3[nH]cnc23)cc1. The van der Waals surface area contributed by atoms with Crippen molar-refractivity contribution in [3.05, 3.63) is 71.1 Å². The number of alkyl carbamates (subject to hydrolysis) is 1. The summed E-state index contributed by atoms with van der Waals surface area (Å²) >= 11 is 1.70. The Labute approximate surface area is 270 Å². The highest BCUT2D eigenvalue weighted by Crippen LogP contribution is 2.35. The van der Waals surface area contributed by atoms with Gasteiger partial charge in [0.15, 0.2) is 11.2 Å². The molecule has 0 saturated carbocycles. The van der Waals surface area contributed by atoms with Gasteiger partial charge in [0.1, 0.15) is 30.5 Å². The van der Waals surface area contributed by atoms with Gasteiger partial charge in [0, 0.05) is 23.7 Å². The third-order valence-electron chi connectivity index (χ3n) is 6.69. The molecule has 0 unspecified atom stereocenters. The van der Waals surface area contributed by atoms with Crippen LogP contribution in [0.25, 0.3) is 17.2 Å². The van der Waals surface area contributed by atoms with Crippen LogP contribution in [0.15, 0.2) is 59.3 Å². The third-order valence-corrected chi connectivity index (χ3v) is 7.71. The Balaban J connectivity index is 1.07. The smallest absolute Gasteiger partial charge is 0.407 e. The zero-order valence-electron chi connectivity index (χ0n) is 25.7. The number of amides is 1. The fourth-order valence-corrected chi connectivity index (χ4v) is 5.65. The molecule has 3 heterocycles. The fourth-order valence-electron chi connectivity index (χ4n) is 4.56. The van der Waals surface area contributed by atoms with Crippen molar-refractivity contribution in [3.63, 3.8) is 0 Å². The predicted molar refractivity (Wildman–Crippen MR) is 174 cm³/mol. The number of benzene rings is 2. The van der Waals surface area contributed by atoms with Gasteiger partial charge in [-0.2, -0.15) is 15.2 Å². The molecule has 1 aliphatic heterocycles. The highest BCUT2D eigenvalue weighted by Gasteiger charge is 2.21. The number of ether oxygens (including phenoxy) is 3. The van der Waals surface area contributed by atoms with E-state index in [1.165, 1.54) is 12.4 Å². The van der Waals surface area contributed by atoms with Gasteiger partial charge in [-0.1, -0.05) is 30.3 Å². The number of aromatic amines is 1. The molecule has 0 saturated heterocycles. The number of hydrogen-bond donors (Lipinski definition) is 3. The molecular weight excluding hydrogens is 608 g/mol. The highest BCUT2D eigenvalue weighted by atomic mass is 32.2. The number of nitrogens with two attached hydrogens (primary N) is 1. The van der Waals surface area contributed by atoms with E-state index in [9.17, 15) is 14.9 Å². The summed E-state index contributed by atoms with van der Waals surface area (Å²) in [5, 5.41) is 12.3. The van der Waals surface area contributed by atoms with Crippen molar-refractivity contribution in [2.24, 2.45) is 0 Å². The molecule has 2 aromatic carbocycles. The average molecular weight is 643 g/mol. The number of nitriles is 1. The topological polar surface area (TPSA) is 181 Å². The molecule has 0 bridgehead atoms. The number of nitrogens with zero attached hydrogens (tertiary/aromatic N) is 5. The lowest BCUT2D eigenvalue weighted by Gasteiger charge is -2.30. The molecule has 5 rings (SSSR count). The van der Waals surface area contributed by atoms with E-state index < -0.39 is 17.7 Å². The summed E-state index contributed by atoms with van der Waals surface area (Å²) in [7, 11) is 0. The van der Waals surface area contributed by atoms with Crippen LogP contribution in [-0.2, 0) is 27.4 Å². The maximum Gasteiger partial charge on any atom is 0.407 e. The second kappa shape index (κ2) is 14.2. The second-order valence-corrected chi connectivity index (χ2v) is 12.5. The average Bonchev–Trinajstić information content (AvgIpc) is 3.49. The number of nitrogen functional groups attached to an aromatic ring is 1. The Morgan fingerprint density at radius 3 is 2.72 bits per heavy atom. The number of carbonyl (C=O) groups is 2. The number of anilines is 2. The number of imidazole rings is 1. The first-order valence-electron chi connectivity index (χ1n) is 14.5. The number of thioether (sulfide) groups is 1. The molecule has 0 spiro atoms. The monoisotopic (exact) mass is 642 g/mol. The van der Waals surface area contributed by atoms with Gasteiger partial charge in [-0.3, -0.25) is 0 Å². The summed E-state index contributed by atoms with van der Waals surface area (Å²) < 4.78 is 16.6. The van der Waals surface area contributed by atoms with Crippen molar-refractivity contribution in [1.82, 2.24) is 25.3 Å². The first-order valence-corrected chi connectivity index (χ1v) is 15.5. The zero-order chi connectivity index (χ0) is 32.7. The Hall–Kier alpha value is -5.29. The summed E-state index contributed by atoms with van der Waals surface area (Å²) in [4.78, 5) is 43.2. The molecule has 0 atom stereocenters. The van der Waals surface area contributed by atoms with Crippen LogP contribution in [0.1, 0.15) is 37.5 Å². The third kappa shape index (κ3) is 8.45. The Kier molecular flexibility index (Phi) is 9.92. The van der Waals surface area contributed by atoms with E-state index in [2.05, 4.69) is 30.2 Å². The first-order chi connectivity index (χ1) is 22.1. The summed E-state index contributed by atoms with van der Waals surface area (Å²) in [5.74, 6) is 0.596. The number of aromatic nitrogens is 4. The summed E-state index contributed by atoms with van der Waals surface area (Å²) in [5.41, 5.74) is 9.56. The largest absolute Gasteiger partial charge is 0.471 e. The standard InChI is InChI=1S/C32H34N8O5S/c1-32(2,3)45-29(41)23(16-33)14-22-8-9-24-25(15-22)46-13-11-40(24)10-12-43-31(42)35-17-20-4-6-21(7-5-20)18-44-28-26-27(37-19-36-26)38-30(34)39-28/h4-9,14-15,19H,10-13,17-18H2,1-3H3,(H,35,42)(H3,34,36,37,38,39)/b23-14+. The molecule has 14 heteroatoms. The molecule has 0 aliphatic carbocycles. The molecule has 1 aliphatic rings. The van der Waals surface area contributed by atoms with Gasteiger partial charge < -0.3 is 35.1 Å². The van der Waals surface area contributed by atoms with Crippen molar-refractivity contribution in [1.29, 1.82) is 5.26 Å². The van der Waals surface area contributed by atoms with E-state index in [0.717, 1.165) is 39.6 Å². The minimum Gasteiger partial charge on any atom is -0.471 e. The van der Waals surface area contributed by atoms with Gasteiger partial charge >= 0.3 is 12.1 Å². The summed E-state index contributed by atoms with van der Waals surface area (Å²) in [6.07, 6.45) is 2.54. The van der Waals surface area contributed by atoms with E-state index in [1.807, 2.05) is 48.5 Å². The van der Waals surface area contributed by atoms with Gasteiger partial charge in [-0.15, -0.1) is 11.8 Å². The first kappa shape index (κ1) is 32.1. The van der Waals surface area contributed by atoms with E-state index in [0.29, 0.717) is 30.1 Å². The van der Waals surface area contributed by atoms with Crippen molar-refractivity contribution in [3.8, 4) is 11.9 Å². The maximum atomic E-state index is 12.4. The Morgan fingerprint density at radius 2 is 1.96 bits per heavy atom. The predicted octanol–water partition coefficient (Wildman–Crippen LogP) is 4.60. The minimum atomic E-state index is -0.690. The van der Waals surface area contributed by atoms with Crippen LogP contribution in [-0.4, -0.2) is 63.0 Å². The maximum absolute atomic E-state index is 12.4. The summed E-state index contributed by atoms with van der Waals surface area (Å²) in [6.45, 7) is 7.37. The molecule has 46 heavy (non-hydrogen) atoms. The molecule has 2 aromatic heterocycles. The Bertz CT molecular complexity index is 1790. The van der Waals surface area contributed by atoms with Crippen molar-refractivity contribution < 1.29 is 23.8 Å². The van der Waals surface area contributed by atoms with E-state index in [-0.39, 0.29) is 24.7 Å². The molecule has 13 nitrogen and oxygen atoms in total. The van der Waals surface area contributed by atoms with Gasteiger partial charge in [0.05, 0.1) is 18.6 Å². The molecule has 1 amide bonds. The normalized spacial score (nSPS) is 13.1. The van der Waals surface area contributed by atoms with Gasteiger partial charge in [-0.25, -0.2) is 14.6 Å². The second-order valence-electron chi connectivity index (χ2n) is 11.3. The quantitative estimate of drug-likeness (QED) is 0.124. The number of esters is 1. The molecule has 238 valence electrons. The minimum absolute atomic E-state index is 0.0577. The van der Waals surface area contributed by atoms with Crippen LogP contribution in [0.2, 0.25) is 0 Å². The number of rotatable bonds is 10. The van der Waals surface area contributed by atoms with Crippen LogP contribution in [0.4, 0.5) is 16.4 Å². The number of nitrogens with one attached hydrogen (secondary N) is 2. The number of fused-ring (bicyclic) bond motifs is 2. The molecular formula is C32H34N8O5S. The number of hydrogen-bond acceptors (Lipinski definition) is 12. The van der Waals surface area contributed by atoms with Crippen molar-refractivity contribution in [2.75, 3.05) is 36.1 Å². The molecule has 4 N–H and O–H groups in total. The molecule has 0 fully saturated rings.